The summed E-state index contributed by atoms with van der Waals surface area (Å²) in [5.74, 6) is 0. The first-order valence-electron chi connectivity index (χ1n) is 9.09. The molecule has 0 spiro atoms. The lowest BCUT2D eigenvalue weighted by atomic mass is 10.1. The number of primary sulfonamides is 1. The molecule has 0 aliphatic heterocycles. The van der Waals surface area contributed by atoms with Gasteiger partial charge in [0, 0.05) is 5.54 Å². The third-order valence-electron chi connectivity index (χ3n) is 2.57. The fourth-order valence-electron chi connectivity index (χ4n) is 1.67. The molecule has 0 heterocycles. The van der Waals surface area contributed by atoms with E-state index in [1.54, 1.807) is 48.5 Å². The Balaban J connectivity index is -0.000000188. The molecule has 0 amide bonds. The Morgan fingerprint density at radius 1 is 0.667 bits per heavy atom. The van der Waals surface area contributed by atoms with Gasteiger partial charge >= 0.3 is 0 Å². The summed E-state index contributed by atoms with van der Waals surface area (Å²) >= 11 is 0. The van der Waals surface area contributed by atoms with Crippen molar-refractivity contribution < 1.29 is 16.8 Å². The summed E-state index contributed by atoms with van der Waals surface area (Å²) < 4.78 is 47.3. The molecule has 0 unspecified atom stereocenters. The standard InChI is InChI=1S/C10H15NO2S.C6H7NO2S.2C2H6.2CH4/c1-10(2,3)11-14(12,13)9-7-5-4-6-8-9;7-10(8,9)6-4-2-1-3-5-6;2*1-2;;/h4-8,11H,1-3H3;1-5H,(H2,7,8,9);2*1-2H3;2*1H4. The molecule has 2 aromatic rings. The molecule has 0 aliphatic carbocycles. The summed E-state index contributed by atoms with van der Waals surface area (Å²) in [5, 5.41) is 4.83. The van der Waals surface area contributed by atoms with Crippen LogP contribution < -0.4 is 9.86 Å². The molecule has 30 heavy (non-hydrogen) atoms. The van der Waals surface area contributed by atoms with Crippen molar-refractivity contribution in [3.8, 4) is 0 Å². The minimum Gasteiger partial charge on any atom is -0.225 e. The molecule has 6 nitrogen and oxygen atoms in total. The lowest BCUT2D eigenvalue weighted by Crippen LogP contribution is -2.40. The van der Waals surface area contributed by atoms with Crippen molar-refractivity contribution >= 4 is 20.0 Å². The van der Waals surface area contributed by atoms with E-state index in [9.17, 15) is 16.8 Å². The maximum Gasteiger partial charge on any atom is 0.241 e. The maximum absolute atomic E-state index is 11.7. The molecule has 0 saturated heterocycles. The topological polar surface area (TPSA) is 106 Å². The first kappa shape index (κ1) is 35.7. The smallest absolute Gasteiger partial charge is 0.225 e. The SMILES string of the molecule is C.C.CC.CC.CC(C)(C)NS(=O)(=O)c1ccccc1.NS(=O)(=O)c1ccccc1. The molecule has 0 bridgehead atoms. The zero-order chi connectivity index (χ0) is 22.4. The molecule has 0 fully saturated rings. The van der Waals surface area contributed by atoms with Crippen LogP contribution in [0.1, 0.15) is 63.3 Å². The molecule has 2 aromatic carbocycles. The van der Waals surface area contributed by atoms with Crippen LogP contribution in [0.15, 0.2) is 70.5 Å². The molecule has 0 saturated carbocycles. The number of sulfonamides is 2. The Morgan fingerprint density at radius 3 is 1.20 bits per heavy atom. The Kier molecular flexibility index (Phi) is 20.2. The summed E-state index contributed by atoms with van der Waals surface area (Å²) in [6.07, 6.45) is 0. The highest BCUT2D eigenvalue weighted by Gasteiger charge is 2.21. The van der Waals surface area contributed by atoms with Crippen LogP contribution in [0.25, 0.3) is 0 Å². The van der Waals surface area contributed by atoms with Crippen molar-refractivity contribution in [2.75, 3.05) is 0 Å². The van der Waals surface area contributed by atoms with Gasteiger partial charge in [-0.3, -0.25) is 0 Å². The number of benzene rings is 2. The van der Waals surface area contributed by atoms with Crippen molar-refractivity contribution in [3.63, 3.8) is 0 Å². The fourth-order valence-corrected chi connectivity index (χ4v) is 3.65. The van der Waals surface area contributed by atoms with Crippen LogP contribution in [0.2, 0.25) is 0 Å². The van der Waals surface area contributed by atoms with Crippen LogP contribution in [0.4, 0.5) is 0 Å². The third kappa shape index (κ3) is 16.1. The van der Waals surface area contributed by atoms with E-state index in [0.29, 0.717) is 4.90 Å². The zero-order valence-electron chi connectivity index (χ0n) is 17.8. The average Bonchev–Trinajstić information content (AvgIpc) is 2.64. The van der Waals surface area contributed by atoms with Crippen LogP contribution >= 0.6 is 0 Å². The highest BCUT2D eigenvalue weighted by Crippen LogP contribution is 2.11. The van der Waals surface area contributed by atoms with E-state index in [-0.39, 0.29) is 19.7 Å². The summed E-state index contributed by atoms with van der Waals surface area (Å²) in [7, 11) is -6.87. The Labute approximate surface area is 186 Å². The van der Waals surface area contributed by atoms with Gasteiger partial charge < -0.3 is 0 Å². The van der Waals surface area contributed by atoms with Crippen molar-refractivity contribution in [1.82, 2.24) is 4.72 Å². The van der Waals surface area contributed by atoms with Crippen LogP contribution in [-0.4, -0.2) is 22.4 Å². The van der Waals surface area contributed by atoms with E-state index >= 15 is 0 Å². The molecule has 3 N–H and O–H groups in total. The lowest BCUT2D eigenvalue weighted by Gasteiger charge is -2.20. The van der Waals surface area contributed by atoms with Gasteiger partial charge in [-0.1, -0.05) is 78.9 Å². The summed E-state index contributed by atoms with van der Waals surface area (Å²) in [4.78, 5) is 0.449. The Hall–Kier alpha value is -1.74. The predicted molar refractivity (Wildman–Crippen MR) is 130 cm³/mol. The molecule has 0 aromatic heterocycles. The van der Waals surface area contributed by atoms with Gasteiger partial charge in [-0.2, -0.15) is 0 Å². The third-order valence-corrected chi connectivity index (χ3v) is 5.27. The van der Waals surface area contributed by atoms with Crippen molar-refractivity contribution in [2.45, 2.75) is 78.6 Å². The number of hydrogen-bond donors (Lipinski definition) is 2. The van der Waals surface area contributed by atoms with E-state index in [2.05, 4.69) is 4.72 Å². The second kappa shape index (κ2) is 17.0. The van der Waals surface area contributed by atoms with E-state index in [1.165, 1.54) is 12.1 Å². The number of rotatable bonds is 3. The average molecular weight is 463 g/mol. The first-order chi connectivity index (χ1) is 12.9. The Morgan fingerprint density at radius 2 is 0.967 bits per heavy atom. The zero-order valence-corrected chi connectivity index (χ0v) is 19.4. The van der Waals surface area contributed by atoms with Crippen LogP contribution in [0, 0.1) is 0 Å². The van der Waals surface area contributed by atoms with Gasteiger partial charge in [-0.05, 0) is 45.0 Å². The second-order valence-electron chi connectivity index (χ2n) is 6.03. The van der Waals surface area contributed by atoms with Crippen molar-refractivity contribution in [1.29, 1.82) is 0 Å². The molecule has 0 atom stereocenters. The van der Waals surface area contributed by atoms with E-state index in [4.69, 9.17) is 5.14 Å². The lowest BCUT2D eigenvalue weighted by molar-refractivity contribution is 0.491. The van der Waals surface area contributed by atoms with Crippen LogP contribution in [0.3, 0.4) is 0 Å². The predicted octanol–water partition coefficient (Wildman–Crippen LogP) is 5.42. The number of hydrogen-bond acceptors (Lipinski definition) is 4. The summed E-state index contributed by atoms with van der Waals surface area (Å²) in [6, 6.07) is 16.2. The first-order valence-corrected chi connectivity index (χ1v) is 12.1. The van der Waals surface area contributed by atoms with Crippen LogP contribution in [0.5, 0.6) is 0 Å². The number of nitrogens with one attached hydrogen (secondary N) is 1. The highest BCUT2D eigenvalue weighted by atomic mass is 32.2. The molecular formula is C22H42N2O4S2. The molecule has 176 valence electrons. The van der Waals surface area contributed by atoms with Gasteiger partial charge in [0.05, 0.1) is 9.79 Å². The second-order valence-corrected chi connectivity index (χ2v) is 9.27. The molecule has 8 heteroatoms. The largest absolute Gasteiger partial charge is 0.241 e. The normalized spacial score (nSPS) is 10.1. The molecular weight excluding hydrogens is 420 g/mol. The summed E-state index contributed by atoms with van der Waals surface area (Å²) in [5.41, 5.74) is -0.450. The van der Waals surface area contributed by atoms with Gasteiger partial charge in [0.1, 0.15) is 0 Å². The molecule has 0 radical (unpaired) electrons. The summed E-state index contributed by atoms with van der Waals surface area (Å²) in [6.45, 7) is 13.4. The van der Waals surface area contributed by atoms with E-state index < -0.39 is 25.6 Å². The monoisotopic (exact) mass is 462 g/mol. The van der Waals surface area contributed by atoms with Crippen molar-refractivity contribution in [3.05, 3.63) is 60.7 Å². The van der Waals surface area contributed by atoms with E-state index in [0.717, 1.165) is 0 Å². The van der Waals surface area contributed by atoms with E-state index in [1.807, 2.05) is 48.5 Å². The van der Waals surface area contributed by atoms with Gasteiger partial charge in [0.15, 0.2) is 0 Å². The van der Waals surface area contributed by atoms with Gasteiger partial charge in [-0.15, -0.1) is 0 Å². The Bertz CT molecular complexity index is 845. The van der Waals surface area contributed by atoms with Crippen LogP contribution in [-0.2, 0) is 20.0 Å². The minimum atomic E-state index is -3.50. The van der Waals surface area contributed by atoms with Gasteiger partial charge in [0.25, 0.3) is 0 Å². The molecule has 2 rings (SSSR count). The van der Waals surface area contributed by atoms with Gasteiger partial charge in [-0.25, -0.2) is 26.7 Å². The fraction of sp³-hybridized carbons (Fsp3) is 0.455. The quantitative estimate of drug-likeness (QED) is 0.635. The number of nitrogens with two attached hydrogens (primary N) is 1. The molecule has 0 aliphatic rings. The minimum absolute atomic E-state index is 0. The van der Waals surface area contributed by atoms with Gasteiger partial charge in [0.2, 0.25) is 20.0 Å². The maximum atomic E-state index is 11.7. The van der Waals surface area contributed by atoms with Crippen molar-refractivity contribution in [2.24, 2.45) is 5.14 Å². The highest BCUT2D eigenvalue weighted by molar-refractivity contribution is 7.89.